The molecule has 3 nitrogen and oxygen atoms in total. The topological polar surface area (TPSA) is 38.5 Å². The Hall–Kier alpha value is -1.29. The molecular weight excluding hydrogens is 219 g/mol. The van der Waals surface area contributed by atoms with Crippen LogP contribution in [0.25, 0.3) is 0 Å². The lowest BCUT2D eigenvalue weighted by Crippen LogP contribution is -2.42. The first-order valence-electron chi connectivity index (χ1n) is 5.95. The van der Waals surface area contributed by atoms with Crippen molar-refractivity contribution in [1.29, 1.82) is 0 Å². The molecule has 1 saturated carbocycles. The molecule has 1 aliphatic carbocycles. The van der Waals surface area contributed by atoms with Crippen molar-refractivity contribution in [3.8, 4) is 5.75 Å². The number of halogens is 1. The van der Waals surface area contributed by atoms with Crippen LogP contribution in [0.15, 0.2) is 18.2 Å². The molecule has 0 radical (unpaired) electrons. The first kappa shape index (κ1) is 12.2. The summed E-state index contributed by atoms with van der Waals surface area (Å²) in [6, 6.07) is 5.52. The van der Waals surface area contributed by atoms with E-state index in [9.17, 15) is 4.39 Å². The predicted molar refractivity (Wildman–Crippen MR) is 67.0 cm³/mol. The van der Waals surface area contributed by atoms with Gasteiger partial charge in [-0.15, -0.1) is 0 Å². The van der Waals surface area contributed by atoms with Gasteiger partial charge in [0, 0.05) is 30.9 Å². The van der Waals surface area contributed by atoms with Gasteiger partial charge in [-0.1, -0.05) is 0 Å². The number of benzene rings is 1. The first-order valence-corrected chi connectivity index (χ1v) is 5.95. The molecule has 1 aliphatic rings. The number of hydrogen-bond acceptors (Lipinski definition) is 3. The van der Waals surface area contributed by atoms with Gasteiger partial charge < -0.3 is 15.4 Å². The highest BCUT2D eigenvalue weighted by Gasteiger charge is 2.27. The van der Waals surface area contributed by atoms with E-state index in [4.69, 9.17) is 10.5 Å². The molecule has 1 aromatic carbocycles. The van der Waals surface area contributed by atoms with Crippen LogP contribution in [-0.2, 0) is 0 Å². The van der Waals surface area contributed by atoms with Crippen molar-refractivity contribution in [1.82, 2.24) is 0 Å². The molecule has 1 aromatic rings. The summed E-state index contributed by atoms with van der Waals surface area (Å²) < 4.78 is 18.5. The molecule has 2 rings (SSSR count). The van der Waals surface area contributed by atoms with E-state index in [1.807, 2.05) is 13.1 Å². The molecule has 0 amide bonds. The molecule has 0 bridgehead atoms. The largest absolute Gasteiger partial charge is 0.494 e. The maximum Gasteiger partial charge on any atom is 0.167 e. The number of hydrogen-bond donors (Lipinski definition) is 1. The van der Waals surface area contributed by atoms with Crippen molar-refractivity contribution in [2.24, 2.45) is 5.73 Å². The molecule has 0 aromatic heterocycles. The summed E-state index contributed by atoms with van der Waals surface area (Å²) >= 11 is 0. The lowest BCUT2D eigenvalue weighted by atomic mass is 10.1. The van der Waals surface area contributed by atoms with Crippen LogP contribution in [0.5, 0.6) is 5.75 Å². The number of nitrogens with two attached hydrogens (primary N) is 1. The molecule has 2 unspecified atom stereocenters. The van der Waals surface area contributed by atoms with E-state index < -0.39 is 0 Å². The van der Waals surface area contributed by atoms with Crippen molar-refractivity contribution in [2.45, 2.75) is 31.3 Å². The fraction of sp³-hybridized carbons (Fsp3) is 0.538. The maximum atomic E-state index is 13.6. The van der Waals surface area contributed by atoms with Gasteiger partial charge in [-0.05, 0) is 31.4 Å². The quantitative estimate of drug-likeness (QED) is 0.877. The summed E-state index contributed by atoms with van der Waals surface area (Å²) in [6.07, 6.45) is 3.27. The van der Waals surface area contributed by atoms with Gasteiger partial charge in [-0.3, -0.25) is 0 Å². The molecule has 94 valence electrons. The number of rotatable bonds is 3. The monoisotopic (exact) mass is 238 g/mol. The normalized spacial score (nSPS) is 23.8. The molecule has 2 N–H and O–H groups in total. The molecule has 4 heteroatoms. The zero-order valence-electron chi connectivity index (χ0n) is 10.3. The molecule has 0 aliphatic heterocycles. The van der Waals surface area contributed by atoms with Crippen LogP contribution in [0.1, 0.15) is 19.3 Å². The van der Waals surface area contributed by atoms with Crippen LogP contribution in [0.3, 0.4) is 0 Å². The molecule has 0 spiro atoms. The minimum absolute atomic E-state index is 0.185. The smallest absolute Gasteiger partial charge is 0.167 e. The van der Waals surface area contributed by atoms with Gasteiger partial charge in [0.1, 0.15) is 0 Å². The molecular formula is C13H19FN2O. The number of methoxy groups -OCH3 is 1. The van der Waals surface area contributed by atoms with Crippen molar-refractivity contribution < 1.29 is 9.13 Å². The Morgan fingerprint density at radius 3 is 2.71 bits per heavy atom. The lowest BCUT2D eigenvalue weighted by Gasteiger charge is -2.30. The summed E-state index contributed by atoms with van der Waals surface area (Å²) in [5, 5.41) is 0. The van der Waals surface area contributed by atoms with Gasteiger partial charge >= 0.3 is 0 Å². The average molecular weight is 238 g/mol. The van der Waals surface area contributed by atoms with Gasteiger partial charge in [-0.2, -0.15) is 0 Å². The summed E-state index contributed by atoms with van der Waals surface area (Å²) in [7, 11) is 3.44. The molecule has 0 heterocycles. The van der Waals surface area contributed by atoms with Crippen LogP contribution in [0, 0.1) is 5.82 Å². The Morgan fingerprint density at radius 1 is 1.41 bits per heavy atom. The number of anilines is 1. The second kappa shape index (κ2) is 4.92. The highest BCUT2D eigenvalue weighted by Crippen LogP contribution is 2.29. The Kier molecular flexibility index (Phi) is 3.52. The molecule has 1 fully saturated rings. The minimum atomic E-state index is -0.330. The van der Waals surface area contributed by atoms with E-state index in [1.54, 1.807) is 6.07 Å². The predicted octanol–water partition coefficient (Wildman–Crippen LogP) is 2.15. The van der Waals surface area contributed by atoms with Crippen LogP contribution in [0.2, 0.25) is 0 Å². The highest BCUT2D eigenvalue weighted by molar-refractivity contribution is 5.50. The van der Waals surface area contributed by atoms with Gasteiger partial charge in [0.2, 0.25) is 0 Å². The van der Waals surface area contributed by atoms with E-state index in [1.165, 1.54) is 13.2 Å². The van der Waals surface area contributed by atoms with Gasteiger partial charge in [0.15, 0.2) is 11.6 Å². The van der Waals surface area contributed by atoms with Crippen LogP contribution >= 0.6 is 0 Å². The highest BCUT2D eigenvalue weighted by atomic mass is 19.1. The Morgan fingerprint density at radius 2 is 2.18 bits per heavy atom. The van der Waals surface area contributed by atoms with E-state index >= 15 is 0 Å². The SMILES string of the molecule is COc1ccc(N(C)C2CCCC2N)cc1F. The van der Waals surface area contributed by atoms with Crippen LogP contribution in [-0.4, -0.2) is 26.2 Å². The summed E-state index contributed by atoms with van der Waals surface area (Å²) in [6.45, 7) is 0. The summed E-state index contributed by atoms with van der Waals surface area (Å²) in [5.41, 5.74) is 6.90. The van der Waals surface area contributed by atoms with Gasteiger partial charge in [-0.25, -0.2) is 4.39 Å². The molecule has 0 saturated heterocycles. The van der Waals surface area contributed by atoms with Crippen molar-refractivity contribution >= 4 is 5.69 Å². The fourth-order valence-electron chi connectivity index (χ4n) is 2.52. The zero-order chi connectivity index (χ0) is 12.4. The van der Waals surface area contributed by atoms with E-state index in [2.05, 4.69) is 4.90 Å². The van der Waals surface area contributed by atoms with Crippen LogP contribution < -0.4 is 15.4 Å². The fourth-order valence-corrected chi connectivity index (χ4v) is 2.52. The Labute approximate surface area is 101 Å². The third kappa shape index (κ3) is 2.36. The van der Waals surface area contributed by atoms with E-state index in [0.717, 1.165) is 24.9 Å². The number of ether oxygens (including phenoxy) is 1. The number of likely N-dealkylation sites (N-methyl/N-ethyl adjacent to an activating group) is 1. The van der Waals surface area contributed by atoms with Crippen molar-refractivity contribution in [2.75, 3.05) is 19.1 Å². The second-order valence-electron chi connectivity index (χ2n) is 4.59. The maximum absolute atomic E-state index is 13.6. The van der Waals surface area contributed by atoms with E-state index in [0.29, 0.717) is 6.04 Å². The summed E-state index contributed by atoms with van der Waals surface area (Å²) in [4.78, 5) is 2.07. The molecule has 17 heavy (non-hydrogen) atoms. The Bertz CT molecular complexity index is 397. The third-order valence-corrected chi connectivity index (χ3v) is 3.57. The average Bonchev–Trinajstić information content (AvgIpc) is 2.74. The standard InChI is InChI=1S/C13H19FN2O/c1-16(12-5-3-4-11(12)15)9-6-7-13(17-2)10(14)8-9/h6-8,11-12H,3-5,15H2,1-2H3. The van der Waals surface area contributed by atoms with E-state index in [-0.39, 0.29) is 17.6 Å². The lowest BCUT2D eigenvalue weighted by molar-refractivity contribution is 0.386. The van der Waals surface area contributed by atoms with Crippen molar-refractivity contribution in [3.05, 3.63) is 24.0 Å². The van der Waals surface area contributed by atoms with Gasteiger partial charge in [0.05, 0.1) is 7.11 Å². The van der Waals surface area contributed by atoms with Crippen LogP contribution in [0.4, 0.5) is 10.1 Å². The molecule has 2 atom stereocenters. The zero-order valence-corrected chi connectivity index (χ0v) is 10.3. The second-order valence-corrected chi connectivity index (χ2v) is 4.59. The minimum Gasteiger partial charge on any atom is -0.494 e. The number of nitrogens with zero attached hydrogens (tertiary/aromatic N) is 1. The first-order chi connectivity index (χ1) is 8.13. The Balaban J connectivity index is 2.19. The third-order valence-electron chi connectivity index (χ3n) is 3.57. The van der Waals surface area contributed by atoms with Gasteiger partial charge in [0.25, 0.3) is 0 Å². The summed E-state index contributed by atoms with van der Waals surface area (Å²) in [5.74, 6) is -0.0544. The van der Waals surface area contributed by atoms with Crippen molar-refractivity contribution in [3.63, 3.8) is 0 Å².